The first-order valence-corrected chi connectivity index (χ1v) is 8.47. The first-order chi connectivity index (χ1) is 12.0. The van der Waals surface area contributed by atoms with Crippen molar-refractivity contribution in [3.63, 3.8) is 0 Å². The lowest BCUT2D eigenvalue weighted by atomic mass is 9.99. The van der Waals surface area contributed by atoms with Crippen LogP contribution in [0.5, 0.6) is 0 Å². The molecule has 25 heavy (non-hydrogen) atoms. The molecule has 1 amide bonds. The number of hydrogen-bond acceptors (Lipinski definition) is 5. The minimum atomic E-state index is -0.642. The van der Waals surface area contributed by atoms with E-state index in [1.54, 1.807) is 17.2 Å². The molecule has 0 aromatic carbocycles. The molecule has 4 rings (SSSR count). The van der Waals surface area contributed by atoms with Crippen LogP contribution in [0.2, 0.25) is 0 Å². The van der Waals surface area contributed by atoms with E-state index < -0.39 is 5.54 Å². The van der Waals surface area contributed by atoms with Gasteiger partial charge in [0.05, 0.1) is 40.6 Å². The molecule has 2 N–H and O–H groups in total. The Labute approximate surface area is 145 Å². The summed E-state index contributed by atoms with van der Waals surface area (Å²) in [5.74, 6) is -0.115. The van der Waals surface area contributed by atoms with E-state index in [1.807, 2.05) is 26.1 Å². The zero-order valence-electron chi connectivity index (χ0n) is 14.4. The molecule has 7 heteroatoms. The highest BCUT2D eigenvalue weighted by atomic mass is 16.2. The van der Waals surface area contributed by atoms with E-state index in [9.17, 15) is 9.59 Å². The number of nitrogens with zero attached hydrogens (tertiary/aromatic N) is 3. The average molecular weight is 339 g/mol. The maximum atomic E-state index is 13.0. The topological polar surface area (TPSA) is 81.3 Å². The molecule has 0 bridgehead atoms. The van der Waals surface area contributed by atoms with Gasteiger partial charge in [-0.1, -0.05) is 0 Å². The number of nitrogens with one attached hydrogen (secondary N) is 2. The van der Waals surface area contributed by atoms with Crippen LogP contribution in [0, 0.1) is 0 Å². The number of aromatic nitrogens is 2. The molecule has 1 fully saturated rings. The number of fused-ring (bicyclic) bond motifs is 1. The van der Waals surface area contributed by atoms with Crippen molar-refractivity contribution in [2.75, 3.05) is 36.0 Å². The molecular weight excluding hydrogens is 318 g/mol. The molecule has 2 aromatic heterocycles. The second-order valence-electron chi connectivity index (χ2n) is 6.95. The van der Waals surface area contributed by atoms with Crippen molar-refractivity contribution in [1.29, 1.82) is 0 Å². The van der Waals surface area contributed by atoms with Gasteiger partial charge in [0.2, 0.25) is 5.56 Å². The van der Waals surface area contributed by atoms with Gasteiger partial charge in [-0.25, -0.2) is 0 Å². The van der Waals surface area contributed by atoms with Gasteiger partial charge in [-0.15, -0.1) is 0 Å². The lowest BCUT2D eigenvalue weighted by Crippen LogP contribution is -2.44. The Kier molecular flexibility index (Phi) is 3.61. The van der Waals surface area contributed by atoms with Crippen LogP contribution in [0.15, 0.2) is 35.4 Å². The standard InChI is InChI=1S/C18H21N5O2/c1-18(2)16-14(3-4-15(24)21-16)17(25)23(18)13-9-12(10-20-11-13)22-7-5-19-6-8-22/h3-4,9-11,19H,5-8H2,1-2H3,(H,21,24). The second-order valence-corrected chi connectivity index (χ2v) is 6.95. The van der Waals surface area contributed by atoms with E-state index >= 15 is 0 Å². The maximum absolute atomic E-state index is 13.0. The van der Waals surface area contributed by atoms with Crippen molar-refractivity contribution in [3.05, 3.63) is 52.2 Å². The van der Waals surface area contributed by atoms with Crippen LogP contribution in [0.4, 0.5) is 11.4 Å². The molecule has 0 unspecified atom stereocenters. The van der Waals surface area contributed by atoms with Crippen molar-refractivity contribution in [2.45, 2.75) is 19.4 Å². The molecule has 7 nitrogen and oxygen atoms in total. The van der Waals surface area contributed by atoms with Gasteiger partial charge >= 0.3 is 0 Å². The molecule has 0 saturated carbocycles. The number of piperazine rings is 1. The Morgan fingerprint density at radius 2 is 1.80 bits per heavy atom. The van der Waals surface area contributed by atoms with E-state index in [2.05, 4.69) is 20.2 Å². The molecule has 0 spiro atoms. The monoisotopic (exact) mass is 339 g/mol. The third kappa shape index (κ3) is 2.51. The van der Waals surface area contributed by atoms with Crippen LogP contribution >= 0.6 is 0 Å². The van der Waals surface area contributed by atoms with E-state index in [0.717, 1.165) is 37.6 Å². The largest absolute Gasteiger partial charge is 0.368 e. The van der Waals surface area contributed by atoms with Crippen LogP contribution in [-0.4, -0.2) is 42.1 Å². The Hall–Kier alpha value is -2.67. The van der Waals surface area contributed by atoms with Crippen LogP contribution < -0.4 is 20.7 Å². The van der Waals surface area contributed by atoms with Gasteiger partial charge in [0.25, 0.3) is 5.91 Å². The quantitative estimate of drug-likeness (QED) is 0.856. The SMILES string of the molecule is CC1(C)c2[nH]c(=O)ccc2C(=O)N1c1cncc(N2CCNCC2)c1. The third-order valence-corrected chi connectivity index (χ3v) is 4.97. The molecule has 4 heterocycles. The Morgan fingerprint density at radius 3 is 2.56 bits per heavy atom. The van der Waals surface area contributed by atoms with E-state index in [4.69, 9.17) is 0 Å². The number of H-pyrrole nitrogens is 1. The average Bonchev–Trinajstić information content (AvgIpc) is 2.81. The van der Waals surface area contributed by atoms with Crippen molar-refractivity contribution >= 4 is 17.3 Å². The molecule has 2 aliphatic heterocycles. The molecule has 0 aliphatic carbocycles. The van der Waals surface area contributed by atoms with Gasteiger partial charge in [0, 0.05) is 32.2 Å². The van der Waals surface area contributed by atoms with Gasteiger partial charge in [-0.05, 0) is 26.0 Å². The Balaban J connectivity index is 1.75. The van der Waals surface area contributed by atoms with Gasteiger partial charge in [-0.3, -0.25) is 19.5 Å². The third-order valence-electron chi connectivity index (χ3n) is 4.97. The first-order valence-electron chi connectivity index (χ1n) is 8.47. The minimum Gasteiger partial charge on any atom is -0.368 e. The van der Waals surface area contributed by atoms with E-state index in [-0.39, 0.29) is 11.5 Å². The van der Waals surface area contributed by atoms with Gasteiger partial charge < -0.3 is 15.2 Å². The number of aromatic amines is 1. The summed E-state index contributed by atoms with van der Waals surface area (Å²) in [4.78, 5) is 35.8. The summed E-state index contributed by atoms with van der Waals surface area (Å²) in [6, 6.07) is 5.00. The summed E-state index contributed by atoms with van der Waals surface area (Å²) >= 11 is 0. The summed E-state index contributed by atoms with van der Waals surface area (Å²) in [6.45, 7) is 7.57. The first kappa shape index (κ1) is 15.8. The highest BCUT2D eigenvalue weighted by Gasteiger charge is 2.45. The highest BCUT2D eigenvalue weighted by Crippen LogP contribution is 2.40. The fourth-order valence-corrected chi connectivity index (χ4v) is 3.70. The van der Waals surface area contributed by atoms with Gasteiger partial charge in [0.1, 0.15) is 0 Å². The minimum absolute atomic E-state index is 0.115. The number of anilines is 2. The number of rotatable bonds is 2. The molecule has 2 aromatic rings. The molecule has 0 radical (unpaired) electrons. The predicted octanol–water partition coefficient (Wildman–Crippen LogP) is 1.07. The fourth-order valence-electron chi connectivity index (χ4n) is 3.70. The number of amides is 1. The molecule has 2 aliphatic rings. The summed E-state index contributed by atoms with van der Waals surface area (Å²) in [7, 11) is 0. The van der Waals surface area contributed by atoms with Crippen molar-refractivity contribution in [2.24, 2.45) is 0 Å². The normalized spacial score (nSPS) is 19.2. The zero-order chi connectivity index (χ0) is 17.6. The number of pyridine rings is 2. The Morgan fingerprint density at radius 1 is 1.08 bits per heavy atom. The number of carbonyl (C=O) groups is 1. The van der Waals surface area contributed by atoms with Crippen molar-refractivity contribution in [1.82, 2.24) is 15.3 Å². The predicted molar refractivity (Wildman–Crippen MR) is 96.2 cm³/mol. The maximum Gasteiger partial charge on any atom is 0.261 e. The Bertz CT molecular complexity index is 883. The highest BCUT2D eigenvalue weighted by molar-refractivity contribution is 6.11. The van der Waals surface area contributed by atoms with Gasteiger partial charge in [-0.2, -0.15) is 0 Å². The smallest absolute Gasteiger partial charge is 0.261 e. The van der Waals surface area contributed by atoms with Crippen molar-refractivity contribution in [3.8, 4) is 0 Å². The van der Waals surface area contributed by atoms with Crippen LogP contribution in [0.25, 0.3) is 0 Å². The lowest BCUT2D eigenvalue weighted by molar-refractivity contribution is 0.0982. The van der Waals surface area contributed by atoms with Gasteiger partial charge in [0.15, 0.2) is 0 Å². The number of hydrogen-bond donors (Lipinski definition) is 2. The fraction of sp³-hybridized carbons (Fsp3) is 0.389. The van der Waals surface area contributed by atoms with Crippen molar-refractivity contribution < 1.29 is 4.79 Å². The van der Waals surface area contributed by atoms with E-state index in [1.165, 1.54) is 6.07 Å². The second kappa shape index (κ2) is 5.70. The van der Waals surface area contributed by atoms with Crippen LogP contribution in [0.3, 0.4) is 0 Å². The number of carbonyl (C=O) groups excluding carboxylic acids is 1. The molecule has 130 valence electrons. The summed E-state index contributed by atoms with van der Waals surface area (Å²) in [5, 5.41) is 3.33. The molecule has 0 atom stereocenters. The lowest BCUT2D eigenvalue weighted by Gasteiger charge is -2.33. The van der Waals surface area contributed by atoms with Crippen LogP contribution in [-0.2, 0) is 5.54 Å². The summed E-state index contributed by atoms with van der Waals surface area (Å²) in [6.07, 6.45) is 3.53. The van der Waals surface area contributed by atoms with E-state index in [0.29, 0.717) is 11.3 Å². The van der Waals surface area contributed by atoms with Crippen LogP contribution in [0.1, 0.15) is 29.9 Å². The molecule has 1 saturated heterocycles. The zero-order valence-corrected chi connectivity index (χ0v) is 14.4. The molecular formula is C18H21N5O2. The summed E-state index contributed by atoms with van der Waals surface area (Å²) in [5.41, 5.74) is 2.09. The summed E-state index contributed by atoms with van der Waals surface area (Å²) < 4.78 is 0.